The molecule has 0 bridgehead atoms. The normalized spacial score (nSPS) is 13.8. The van der Waals surface area contributed by atoms with Gasteiger partial charge < -0.3 is 10.4 Å². The molecule has 0 aromatic heterocycles. The minimum Gasteiger partial charge on any atom is -0.480 e. The van der Waals surface area contributed by atoms with E-state index in [0.29, 0.717) is 11.1 Å². The number of nitrogens with zero attached hydrogens (tertiary/aromatic N) is 2. The Bertz CT molecular complexity index is 1270. The molecule has 0 aliphatic carbocycles. The van der Waals surface area contributed by atoms with Crippen LogP contribution in [-0.2, 0) is 26.0 Å². The van der Waals surface area contributed by atoms with Gasteiger partial charge in [0.2, 0.25) is 5.91 Å². The van der Waals surface area contributed by atoms with Gasteiger partial charge in [0.1, 0.15) is 17.9 Å². The van der Waals surface area contributed by atoms with E-state index in [-0.39, 0.29) is 12.0 Å². The molecule has 2 atom stereocenters. The number of carbonyl (C=O) groups is 2. The number of aryl methyl sites for hydroxylation is 2. The number of rotatable bonds is 9. The summed E-state index contributed by atoms with van der Waals surface area (Å²) >= 11 is 0. The number of amides is 1. The van der Waals surface area contributed by atoms with E-state index in [4.69, 9.17) is 0 Å². The van der Waals surface area contributed by atoms with Gasteiger partial charge >= 0.3 is 5.97 Å². The number of halogens is 1. The van der Waals surface area contributed by atoms with Gasteiger partial charge in [0, 0.05) is 18.0 Å². The predicted molar refractivity (Wildman–Crippen MR) is 130 cm³/mol. The van der Waals surface area contributed by atoms with Gasteiger partial charge in [-0.15, -0.1) is 0 Å². The lowest BCUT2D eigenvalue weighted by molar-refractivity contribution is -0.387. The Morgan fingerprint density at radius 3 is 2.28 bits per heavy atom. The number of sulfonamides is 1. The molecule has 0 heterocycles. The Kier molecular flexibility index (Phi) is 8.58. The maximum absolute atomic E-state index is 14.5. The topological polar surface area (TPSA) is 147 Å². The molecule has 0 saturated carbocycles. The van der Waals surface area contributed by atoms with Crippen molar-refractivity contribution >= 4 is 27.6 Å². The van der Waals surface area contributed by atoms with Crippen LogP contribution >= 0.6 is 0 Å². The molecule has 0 fully saturated rings. The molecule has 2 aromatic carbocycles. The van der Waals surface area contributed by atoms with E-state index in [2.05, 4.69) is 5.32 Å². The molecule has 0 aliphatic rings. The van der Waals surface area contributed by atoms with Gasteiger partial charge in [-0.05, 0) is 70.4 Å². The van der Waals surface area contributed by atoms with Crippen molar-refractivity contribution in [3.8, 4) is 0 Å². The third-order valence-corrected chi connectivity index (χ3v) is 7.86. The fourth-order valence-corrected chi connectivity index (χ4v) is 6.19. The van der Waals surface area contributed by atoms with Gasteiger partial charge in [-0.2, -0.15) is 4.31 Å². The molecule has 10 nitrogen and oxygen atoms in total. The minimum atomic E-state index is -4.59. The van der Waals surface area contributed by atoms with Crippen LogP contribution in [0.25, 0.3) is 0 Å². The highest BCUT2D eigenvalue weighted by molar-refractivity contribution is 7.89. The second-order valence-corrected chi connectivity index (χ2v) is 11.3. The first-order chi connectivity index (χ1) is 16.5. The fraction of sp³-hybridized carbons (Fsp3) is 0.417. The molecule has 2 unspecified atom stereocenters. The zero-order chi connectivity index (χ0) is 27.6. The summed E-state index contributed by atoms with van der Waals surface area (Å²) in [6.07, 6.45) is -0.363. The lowest BCUT2D eigenvalue weighted by Gasteiger charge is -2.38. The lowest BCUT2D eigenvalue weighted by atomic mass is 9.98. The average Bonchev–Trinajstić information content (AvgIpc) is 2.73. The molecule has 2 rings (SSSR count). The number of aliphatic carboxylic acids is 1. The lowest BCUT2D eigenvalue weighted by Crippen LogP contribution is -2.58. The van der Waals surface area contributed by atoms with Crippen molar-refractivity contribution in [2.75, 3.05) is 0 Å². The summed E-state index contributed by atoms with van der Waals surface area (Å²) in [4.78, 5) is 35.1. The van der Waals surface area contributed by atoms with Crippen LogP contribution in [0.5, 0.6) is 0 Å². The predicted octanol–water partition coefficient (Wildman–Crippen LogP) is 3.34. The Hall–Kier alpha value is -3.38. The first-order valence-corrected chi connectivity index (χ1v) is 12.5. The van der Waals surface area contributed by atoms with Crippen molar-refractivity contribution < 1.29 is 32.4 Å². The third-order valence-electron chi connectivity index (χ3n) is 5.58. The van der Waals surface area contributed by atoms with Crippen LogP contribution in [0, 0.1) is 29.8 Å². The van der Waals surface area contributed by atoms with E-state index in [1.807, 2.05) is 0 Å². The molecule has 36 heavy (non-hydrogen) atoms. The quantitative estimate of drug-likeness (QED) is 0.378. The van der Waals surface area contributed by atoms with Crippen LogP contribution < -0.4 is 5.32 Å². The summed E-state index contributed by atoms with van der Waals surface area (Å²) in [6, 6.07) is 4.68. The van der Waals surface area contributed by atoms with E-state index < -0.39 is 60.8 Å². The maximum atomic E-state index is 14.5. The van der Waals surface area contributed by atoms with Gasteiger partial charge in [0.25, 0.3) is 15.7 Å². The molecule has 12 heteroatoms. The largest absolute Gasteiger partial charge is 0.480 e. The highest BCUT2D eigenvalue weighted by Gasteiger charge is 2.43. The van der Waals surface area contributed by atoms with Crippen LogP contribution in [0.4, 0.5) is 10.1 Å². The smallest absolute Gasteiger partial charge is 0.326 e. The van der Waals surface area contributed by atoms with E-state index in [0.717, 1.165) is 16.4 Å². The zero-order valence-electron chi connectivity index (χ0n) is 20.9. The van der Waals surface area contributed by atoms with Gasteiger partial charge in [0.05, 0.1) is 4.92 Å². The van der Waals surface area contributed by atoms with E-state index >= 15 is 0 Å². The molecular weight excluding hydrogens is 493 g/mol. The molecule has 0 saturated heterocycles. The van der Waals surface area contributed by atoms with E-state index in [1.165, 1.54) is 45.9 Å². The van der Waals surface area contributed by atoms with Crippen LogP contribution in [0.15, 0.2) is 41.3 Å². The number of nitro benzene ring substituents is 1. The standard InChI is InChI=1S/C24H30FN3O7S/c1-14-11-15(2)17(18(25)12-14)13-19(23(30)31)26-22(29)16(3)27(24(4,5)6)36(34,35)21-10-8-7-9-20(21)28(32)33/h7-12,16,19H,13H2,1-6H3,(H,26,29)(H,30,31). The van der Waals surface area contributed by atoms with Crippen LogP contribution in [0.1, 0.15) is 44.4 Å². The number of carboxylic acid groups (broad SMARTS) is 1. The van der Waals surface area contributed by atoms with Crippen molar-refractivity contribution in [1.82, 2.24) is 9.62 Å². The highest BCUT2D eigenvalue weighted by atomic mass is 32.2. The van der Waals surface area contributed by atoms with Crippen LogP contribution in [-0.4, -0.2) is 52.3 Å². The second-order valence-electron chi connectivity index (χ2n) is 9.52. The Morgan fingerprint density at radius 1 is 1.19 bits per heavy atom. The summed E-state index contributed by atoms with van der Waals surface area (Å²) in [5.41, 5.74) is -0.609. The summed E-state index contributed by atoms with van der Waals surface area (Å²) in [6.45, 7) is 9.07. The highest BCUT2D eigenvalue weighted by Crippen LogP contribution is 2.32. The zero-order valence-corrected chi connectivity index (χ0v) is 21.7. The summed E-state index contributed by atoms with van der Waals surface area (Å²) < 4.78 is 42.4. The van der Waals surface area contributed by atoms with E-state index in [1.54, 1.807) is 19.9 Å². The Labute approximate surface area is 209 Å². The second kappa shape index (κ2) is 10.7. The number of nitro groups is 1. The SMILES string of the molecule is Cc1cc(C)c(CC(NC(=O)C(C)N(C(C)(C)C)S(=O)(=O)c2ccccc2[N+](=O)[O-])C(=O)O)c(F)c1. The first kappa shape index (κ1) is 28.9. The minimum absolute atomic E-state index is 0.112. The van der Waals surface area contributed by atoms with Gasteiger partial charge in [-0.3, -0.25) is 14.9 Å². The Balaban J connectivity index is 2.45. The van der Waals surface area contributed by atoms with Crippen molar-refractivity contribution in [3.05, 3.63) is 69.0 Å². The van der Waals surface area contributed by atoms with Crippen molar-refractivity contribution in [1.29, 1.82) is 0 Å². The van der Waals surface area contributed by atoms with Gasteiger partial charge in [-0.25, -0.2) is 17.6 Å². The number of carboxylic acids is 1. The fourth-order valence-electron chi connectivity index (χ4n) is 4.09. The number of nitrogens with one attached hydrogen (secondary N) is 1. The monoisotopic (exact) mass is 523 g/mol. The molecule has 196 valence electrons. The number of para-hydroxylation sites is 1. The summed E-state index contributed by atoms with van der Waals surface area (Å²) in [5, 5.41) is 23.5. The van der Waals surface area contributed by atoms with Gasteiger partial charge in [0.15, 0.2) is 4.90 Å². The summed E-state index contributed by atoms with van der Waals surface area (Å²) in [5.74, 6) is -3.00. The van der Waals surface area contributed by atoms with Gasteiger partial charge in [-0.1, -0.05) is 18.2 Å². The first-order valence-electron chi connectivity index (χ1n) is 11.0. The third kappa shape index (κ3) is 6.24. The molecule has 0 radical (unpaired) electrons. The van der Waals surface area contributed by atoms with E-state index in [9.17, 15) is 37.6 Å². The molecule has 1 amide bonds. The molecule has 0 aliphatic heterocycles. The maximum Gasteiger partial charge on any atom is 0.326 e. The van der Waals surface area contributed by atoms with Crippen LogP contribution in [0.2, 0.25) is 0 Å². The molecular formula is C24H30FN3O7S. The molecule has 2 aromatic rings. The van der Waals surface area contributed by atoms with Crippen molar-refractivity contribution in [2.45, 2.75) is 70.5 Å². The average molecular weight is 524 g/mol. The Morgan fingerprint density at radius 2 is 1.78 bits per heavy atom. The molecule has 2 N–H and O–H groups in total. The number of hydrogen-bond donors (Lipinski definition) is 2. The number of hydrogen-bond acceptors (Lipinski definition) is 6. The summed E-state index contributed by atoms with van der Waals surface area (Å²) in [7, 11) is -4.59. The van der Waals surface area contributed by atoms with Crippen molar-refractivity contribution in [2.24, 2.45) is 0 Å². The number of carbonyl (C=O) groups excluding carboxylic acids is 1. The number of benzene rings is 2. The van der Waals surface area contributed by atoms with Crippen molar-refractivity contribution in [3.63, 3.8) is 0 Å². The van der Waals surface area contributed by atoms with Crippen LogP contribution in [0.3, 0.4) is 0 Å². The molecule has 0 spiro atoms.